The monoisotopic (exact) mass is 561 g/mol. The number of nitrogens with one attached hydrogen (secondary N) is 1. The molecular formula is C31H37F2N7O. The van der Waals surface area contributed by atoms with E-state index in [0.29, 0.717) is 23.8 Å². The van der Waals surface area contributed by atoms with Crippen molar-refractivity contribution in [2.45, 2.75) is 39.4 Å². The van der Waals surface area contributed by atoms with Crippen molar-refractivity contribution >= 4 is 27.5 Å². The third kappa shape index (κ3) is 6.87. The first-order chi connectivity index (χ1) is 19.8. The Labute approximate surface area is 240 Å². The maximum absolute atomic E-state index is 15.9. The predicted octanol–water partition coefficient (Wildman–Crippen LogP) is 5.29. The van der Waals surface area contributed by atoms with Crippen LogP contribution in [0.3, 0.4) is 0 Å². The molecule has 2 aliphatic rings. The topological polar surface area (TPSA) is 90.2 Å². The summed E-state index contributed by atoms with van der Waals surface area (Å²) in [5, 5.41) is 13.4. The fourth-order valence-corrected chi connectivity index (χ4v) is 5.27. The largest absolute Gasteiger partial charge is 0.467 e. The number of rotatable bonds is 3. The van der Waals surface area contributed by atoms with Crippen molar-refractivity contribution in [3.8, 4) is 23.3 Å². The lowest BCUT2D eigenvalue weighted by Crippen LogP contribution is -2.49. The number of hydrogen-bond acceptors (Lipinski definition) is 8. The van der Waals surface area contributed by atoms with E-state index < -0.39 is 12.0 Å². The van der Waals surface area contributed by atoms with Crippen molar-refractivity contribution in [2.24, 2.45) is 0 Å². The summed E-state index contributed by atoms with van der Waals surface area (Å²) in [6.45, 7) is 9.51. The van der Waals surface area contributed by atoms with Gasteiger partial charge in [-0.1, -0.05) is 36.4 Å². The van der Waals surface area contributed by atoms with Crippen LogP contribution in [-0.2, 0) is 0 Å². The number of ether oxygens (including phenoxy) is 1. The van der Waals surface area contributed by atoms with Crippen LogP contribution in [0.25, 0.3) is 32.9 Å². The van der Waals surface area contributed by atoms with Crippen LogP contribution < -0.4 is 15.0 Å². The van der Waals surface area contributed by atoms with Gasteiger partial charge in [-0.05, 0) is 43.7 Å². The molecule has 2 saturated heterocycles. The van der Waals surface area contributed by atoms with Gasteiger partial charge in [0.25, 0.3) is 0 Å². The van der Waals surface area contributed by atoms with Gasteiger partial charge in [0.05, 0.1) is 18.6 Å². The molecule has 2 aliphatic heterocycles. The Balaban J connectivity index is 0.000000331. The van der Waals surface area contributed by atoms with Crippen molar-refractivity contribution in [2.75, 3.05) is 51.8 Å². The maximum Gasteiger partial charge on any atom is 0.318 e. The molecule has 6 rings (SSSR count). The lowest BCUT2D eigenvalue weighted by molar-refractivity contribution is 0.321. The van der Waals surface area contributed by atoms with Gasteiger partial charge in [-0.25, -0.2) is 8.78 Å². The fraction of sp³-hybridized carbons (Fsp3) is 0.419. The molecule has 4 aromatic rings. The summed E-state index contributed by atoms with van der Waals surface area (Å²) < 4.78 is 33.4. The zero-order valence-electron chi connectivity index (χ0n) is 24.3. The van der Waals surface area contributed by atoms with Crippen molar-refractivity contribution in [3.05, 3.63) is 54.0 Å². The number of fused-ring (bicyclic) bond motifs is 2. The first-order valence-electron chi connectivity index (χ1n) is 13.8. The van der Waals surface area contributed by atoms with Crippen LogP contribution in [0.2, 0.25) is 0 Å². The second-order valence-electron chi connectivity index (χ2n) is 10.4. The van der Waals surface area contributed by atoms with Gasteiger partial charge in [0.15, 0.2) is 5.82 Å². The molecule has 10 heteroatoms. The Bertz CT molecular complexity index is 1530. The van der Waals surface area contributed by atoms with E-state index in [1.165, 1.54) is 14.0 Å². The normalized spacial score (nSPS) is 18.7. The molecule has 1 N–H and O–H groups in total. The number of halogens is 2. The molecule has 0 saturated carbocycles. The summed E-state index contributed by atoms with van der Waals surface area (Å²) >= 11 is 0. The molecule has 2 fully saturated rings. The lowest BCUT2D eigenvalue weighted by atomic mass is 9.97. The molecule has 0 aliphatic carbocycles. The third-order valence-electron chi connectivity index (χ3n) is 7.20. The van der Waals surface area contributed by atoms with Crippen LogP contribution in [-0.4, -0.2) is 78.9 Å². The van der Waals surface area contributed by atoms with Crippen LogP contribution in [0.1, 0.15) is 25.8 Å². The summed E-state index contributed by atoms with van der Waals surface area (Å²) in [6, 6.07) is 14.1. The summed E-state index contributed by atoms with van der Waals surface area (Å²) in [4.78, 5) is 17.6. The zero-order valence-corrected chi connectivity index (χ0v) is 24.3. The standard InChI is InChI=1S/C24H24FN5O.C5H10FN.C2H3N/c1-14-6-4-7-16-8-5-9-17(19(14)16)21-20(25)22-18(12-27-21)23(29-24(28-22)31-3)30-11-10-26-15(2)13-30;1-7-3-2-5(6)4-7;1-2-3/h4-9,12,15,26H,10-11,13H2,1-3H3;5H,2-4H2,1H3;1H3/t15-;;/m0../s1. The highest BCUT2D eigenvalue weighted by Gasteiger charge is 2.24. The van der Waals surface area contributed by atoms with Gasteiger partial charge in [-0.2, -0.15) is 15.2 Å². The number of nitrogens with zero attached hydrogens (tertiary/aromatic N) is 6. The van der Waals surface area contributed by atoms with Crippen LogP contribution in [0, 0.1) is 24.1 Å². The maximum atomic E-state index is 15.9. The average molecular weight is 562 g/mol. The minimum absolute atomic E-state index is 0.152. The second-order valence-corrected chi connectivity index (χ2v) is 10.4. The summed E-state index contributed by atoms with van der Waals surface area (Å²) in [6.07, 6.45) is 1.87. The number of likely N-dealkylation sites (tertiary alicyclic amines) is 1. The minimum Gasteiger partial charge on any atom is -0.467 e. The quantitative estimate of drug-likeness (QED) is 0.361. The molecular weight excluding hydrogens is 524 g/mol. The Kier molecular flexibility index (Phi) is 9.97. The second kappa shape index (κ2) is 13.6. The minimum atomic E-state index is -0.551. The Hall–Kier alpha value is -3.94. The molecule has 0 bridgehead atoms. The van der Waals surface area contributed by atoms with Crippen LogP contribution >= 0.6 is 0 Å². The molecule has 216 valence electrons. The molecule has 4 heterocycles. The van der Waals surface area contributed by atoms with E-state index in [0.717, 1.165) is 54.5 Å². The molecule has 0 amide bonds. The molecule has 8 nitrogen and oxygen atoms in total. The Morgan fingerprint density at radius 3 is 2.46 bits per heavy atom. The van der Waals surface area contributed by atoms with Crippen molar-refractivity contribution in [3.63, 3.8) is 0 Å². The number of methoxy groups -OCH3 is 1. The van der Waals surface area contributed by atoms with Gasteiger partial charge >= 0.3 is 6.01 Å². The number of pyridine rings is 1. The van der Waals surface area contributed by atoms with E-state index in [9.17, 15) is 4.39 Å². The molecule has 2 aromatic heterocycles. The molecule has 2 aromatic carbocycles. The first-order valence-corrected chi connectivity index (χ1v) is 13.8. The average Bonchev–Trinajstić information content (AvgIpc) is 3.35. The predicted molar refractivity (Wildman–Crippen MR) is 159 cm³/mol. The molecule has 0 radical (unpaired) electrons. The van der Waals surface area contributed by atoms with E-state index in [2.05, 4.69) is 32.1 Å². The lowest BCUT2D eigenvalue weighted by Gasteiger charge is -2.33. The van der Waals surface area contributed by atoms with E-state index in [-0.39, 0.29) is 17.2 Å². The number of nitriles is 1. The van der Waals surface area contributed by atoms with E-state index in [1.54, 1.807) is 12.3 Å². The van der Waals surface area contributed by atoms with E-state index in [4.69, 9.17) is 10.00 Å². The number of hydrogen-bond donors (Lipinski definition) is 1. The summed E-state index contributed by atoms with van der Waals surface area (Å²) in [5.41, 5.74) is 2.34. The van der Waals surface area contributed by atoms with Crippen molar-refractivity contribution in [1.29, 1.82) is 5.26 Å². The van der Waals surface area contributed by atoms with Gasteiger partial charge in [-0.3, -0.25) is 4.98 Å². The van der Waals surface area contributed by atoms with Crippen molar-refractivity contribution < 1.29 is 13.5 Å². The van der Waals surface area contributed by atoms with Gasteiger partial charge in [-0.15, -0.1) is 0 Å². The van der Waals surface area contributed by atoms with Crippen molar-refractivity contribution in [1.82, 2.24) is 25.2 Å². The van der Waals surface area contributed by atoms with Crippen LogP contribution in [0.15, 0.2) is 42.6 Å². The first kappa shape index (κ1) is 30.0. The number of alkyl halides is 1. The fourth-order valence-electron chi connectivity index (χ4n) is 5.27. The van der Waals surface area contributed by atoms with Gasteiger partial charge in [0.1, 0.15) is 23.2 Å². The molecule has 0 spiro atoms. The van der Waals surface area contributed by atoms with E-state index >= 15 is 4.39 Å². The van der Waals surface area contributed by atoms with Gasteiger partial charge < -0.3 is 19.9 Å². The zero-order chi connectivity index (χ0) is 29.5. The summed E-state index contributed by atoms with van der Waals surface area (Å²) in [5.74, 6) is 0.195. The molecule has 41 heavy (non-hydrogen) atoms. The van der Waals surface area contributed by atoms with Gasteiger partial charge in [0, 0.05) is 57.4 Å². The number of aryl methyl sites for hydroxylation is 1. The highest BCUT2D eigenvalue weighted by Crippen LogP contribution is 2.35. The smallest absolute Gasteiger partial charge is 0.318 e. The Morgan fingerprint density at radius 1 is 1.12 bits per heavy atom. The summed E-state index contributed by atoms with van der Waals surface area (Å²) in [7, 11) is 3.44. The molecule has 2 atom stereocenters. The van der Waals surface area contributed by atoms with Crippen LogP contribution in [0.5, 0.6) is 6.01 Å². The molecule has 1 unspecified atom stereocenters. The third-order valence-corrected chi connectivity index (χ3v) is 7.20. The highest BCUT2D eigenvalue weighted by molar-refractivity contribution is 6.00. The number of anilines is 1. The number of benzene rings is 2. The highest BCUT2D eigenvalue weighted by atomic mass is 19.1. The number of aromatic nitrogens is 3. The SMILES string of the molecule is CC#N.CN1CCC(F)C1.COc1nc(N2CCN[C@@H](C)C2)c2cnc(-c3cccc4cccc(C)c34)c(F)c2n1. The Morgan fingerprint density at radius 2 is 1.85 bits per heavy atom. The van der Waals surface area contributed by atoms with E-state index in [1.807, 2.05) is 55.3 Å². The number of piperazine rings is 1. The van der Waals surface area contributed by atoms with Crippen LogP contribution in [0.4, 0.5) is 14.6 Å². The van der Waals surface area contributed by atoms with Gasteiger partial charge in [0.2, 0.25) is 0 Å².